The van der Waals surface area contributed by atoms with E-state index in [9.17, 15) is 5.26 Å². The zero-order chi connectivity index (χ0) is 26.2. The molecule has 8 heteroatoms. The highest BCUT2D eigenvalue weighted by Gasteiger charge is 2.19. The van der Waals surface area contributed by atoms with Crippen LogP contribution in [0, 0.1) is 25.2 Å². The van der Waals surface area contributed by atoms with Crippen molar-refractivity contribution in [3.05, 3.63) is 89.5 Å². The summed E-state index contributed by atoms with van der Waals surface area (Å²) in [5.41, 5.74) is 10.2. The Bertz CT molecular complexity index is 1650. The molecule has 0 radical (unpaired) electrons. The van der Waals surface area contributed by atoms with Crippen molar-refractivity contribution in [3.8, 4) is 28.3 Å². The van der Waals surface area contributed by atoms with Crippen LogP contribution in [0.25, 0.3) is 33.3 Å². The number of aryl methyl sites for hydroxylation is 1. The van der Waals surface area contributed by atoms with Crippen molar-refractivity contribution >= 4 is 28.5 Å². The summed E-state index contributed by atoms with van der Waals surface area (Å²) in [4.78, 5) is 10.4. The molecular weight excluding hydrogens is 494 g/mol. The second-order valence-electron chi connectivity index (χ2n) is 9.78. The highest BCUT2D eigenvalue weighted by molar-refractivity contribution is 6.13. The topological polar surface area (TPSA) is 76.8 Å². The molecule has 2 aromatic carbocycles. The highest BCUT2D eigenvalue weighted by atomic mass is 35.5. The summed E-state index contributed by atoms with van der Waals surface area (Å²) in [6, 6.07) is 20.8. The van der Waals surface area contributed by atoms with Gasteiger partial charge in [-0.3, -0.25) is 4.68 Å². The van der Waals surface area contributed by atoms with E-state index in [1.807, 2.05) is 52.7 Å². The Hall–Kier alpha value is -4.12. The van der Waals surface area contributed by atoms with Crippen molar-refractivity contribution in [2.24, 2.45) is 0 Å². The minimum absolute atomic E-state index is 0.611. The summed E-state index contributed by atoms with van der Waals surface area (Å²) >= 11 is 6.12. The van der Waals surface area contributed by atoms with Crippen LogP contribution in [-0.4, -0.2) is 50.3 Å². The fourth-order valence-electron chi connectivity index (χ4n) is 5.33. The molecule has 1 fully saturated rings. The number of nitrogens with one attached hydrogen (secondary N) is 1. The first-order valence-corrected chi connectivity index (χ1v) is 13.1. The number of H-pyrrole nitrogens is 1. The van der Waals surface area contributed by atoms with Gasteiger partial charge in [0.05, 0.1) is 23.9 Å². The maximum absolute atomic E-state index is 9.25. The maximum Gasteiger partial charge on any atom is 0.137 e. The molecule has 4 heterocycles. The van der Waals surface area contributed by atoms with Gasteiger partial charge in [-0.1, -0.05) is 24.3 Å². The Morgan fingerprint density at radius 2 is 1.79 bits per heavy atom. The maximum atomic E-state index is 9.25. The van der Waals surface area contributed by atoms with Crippen LogP contribution in [0.3, 0.4) is 0 Å². The summed E-state index contributed by atoms with van der Waals surface area (Å²) in [6.07, 6.45) is 3.95. The first kappa shape index (κ1) is 24.2. The molecule has 0 unspecified atom stereocenters. The van der Waals surface area contributed by atoms with Gasteiger partial charge in [-0.2, -0.15) is 10.4 Å². The number of aromatic amines is 1. The molecule has 0 amide bonds. The van der Waals surface area contributed by atoms with Crippen molar-refractivity contribution < 1.29 is 0 Å². The van der Waals surface area contributed by atoms with Gasteiger partial charge in [0, 0.05) is 72.0 Å². The Morgan fingerprint density at radius 3 is 2.55 bits per heavy atom. The molecule has 0 spiro atoms. The van der Waals surface area contributed by atoms with Crippen molar-refractivity contribution in [2.45, 2.75) is 20.4 Å². The van der Waals surface area contributed by atoms with Crippen LogP contribution in [0.2, 0.25) is 0 Å². The third-order valence-electron chi connectivity index (χ3n) is 7.36. The largest absolute Gasteiger partial charge is 0.369 e. The fourth-order valence-corrected chi connectivity index (χ4v) is 5.48. The van der Waals surface area contributed by atoms with E-state index in [1.165, 1.54) is 5.69 Å². The van der Waals surface area contributed by atoms with Gasteiger partial charge in [0.2, 0.25) is 0 Å². The summed E-state index contributed by atoms with van der Waals surface area (Å²) in [5.74, 6) is 0. The minimum Gasteiger partial charge on any atom is -0.369 e. The molecule has 0 bridgehead atoms. The lowest BCUT2D eigenvalue weighted by atomic mass is 10.0. The normalized spacial score (nSPS) is 14.2. The third kappa shape index (κ3) is 4.53. The minimum atomic E-state index is 0.611. The van der Waals surface area contributed by atoms with E-state index in [-0.39, 0.29) is 0 Å². The Labute approximate surface area is 227 Å². The van der Waals surface area contributed by atoms with Crippen LogP contribution in [0.15, 0.2) is 67.0 Å². The average molecular weight is 522 g/mol. The number of halogens is 1. The van der Waals surface area contributed by atoms with E-state index in [0.717, 1.165) is 76.4 Å². The molecule has 7 nitrogen and oxygen atoms in total. The molecule has 6 rings (SSSR count). The number of nitrogens with zero attached hydrogens (tertiary/aromatic N) is 6. The Morgan fingerprint density at radius 1 is 1.00 bits per heavy atom. The van der Waals surface area contributed by atoms with Gasteiger partial charge in [0.15, 0.2) is 0 Å². The zero-order valence-corrected chi connectivity index (χ0v) is 22.2. The van der Waals surface area contributed by atoms with E-state index < -0.39 is 0 Å². The predicted octanol–water partition coefficient (Wildman–Crippen LogP) is 5.91. The lowest BCUT2D eigenvalue weighted by Gasteiger charge is -2.32. The molecule has 1 N–H and O–H groups in total. The van der Waals surface area contributed by atoms with Gasteiger partial charge in [-0.15, -0.1) is 0 Å². The second-order valence-corrected chi connectivity index (χ2v) is 10.3. The molecule has 5 aromatic rings. The van der Waals surface area contributed by atoms with Crippen LogP contribution >= 0.6 is 11.8 Å². The summed E-state index contributed by atoms with van der Waals surface area (Å²) < 4.78 is 3.86. The first-order chi connectivity index (χ1) is 18.5. The van der Waals surface area contributed by atoms with Crippen LogP contribution in [0.5, 0.6) is 0 Å². The first-order valence-electron chi connectivity index (χ1n) is 12.8. The number of hydrogen-bond acceptors (Lipinski definition) is 5. The zero-order valence-electron chi connectivity index (χ0n) is 21.4. The van der Waals surface area contributed by atoms with Crippen molar-refractivity contribution in [1.29, 1.82) is 5.26 Å². The molecule has 1 aliphatic heterocycles. The standard InChI is InChI=1S/C30H28ClN7/c1-20-29(21(2)38(35-20)19-23-5-3-4-22(14-23)16-32)28-18-34-30-27(28)15-25(17-33-30)24-6-8-26(9-7-24)36-10-12-37(31)13-11-36/h3-9,14-15,17-18H,10-13,19H2,1-2H3,(H,33,34). The van der Waals surface area contributed by atoms with Crippen molar-refractivity contribution in [3.63, 3.8) is 0 Å². The molecule has 0 aliphatic carbocycles. The van der Waals surface area contributed by atoms with E-state index >= 15 is 0 Å². The monoisotopic (exact) mass is 521 g/mol. The van der Waals surface area contributed by atoms with Crippen molar-refractivity contribution in [1.82, 2.24) is 24.2 Å². The van der Waals surface area contributed by atoms with Gasteiger partial charge in [-0.05, 0) is 67.1 Å². The predicted molar refractivity (Wildman–Crippen MR) is 152 cm³/mol. The van der Waals surface area contributed by atoms with E-state index in [0.29, 0.717) is 12.1 Å². The smallest absolute Gasteiger partial charge is 0.137 e. The van der Waals surface area contributed by atoms with Crippen LogP contribution in [0.1, 0.15) is 22.5 Å². The fraction of sp³-hybridized carbons (Fsp3) is 0.233. The average Bonchev–Trinajstić information content (AvgIpc) is 3.48. The van der Waals surface area contributed by atoms with E-state index in [4.69, 9.17) is 21.9 Å². The number of fused-ring (bicyclic) bond motifs is 1. The van der Waals surface area contributed by atoms with Crippen LogP contribution in [-0.2, 0) is 6.54 Å². The van der Waals surface area contributed by atoms with Gasteiger partial charge >= 0.3 is 0 Å². The number of piperazine rings is 1. The number of rotatable bonds is 5. The third-order valence-corrected chi connectivity index (χ3v) is 7.70. The number of benzene rings is 2. The quantitative estimate of drug-likeness (QED) is 0.291. The number of nitriles is 1. The molecule has 1 saturated heterocycles. The highest BCUT2D eigenvalue weighted by Crippen LogP contribution is 2.35. The van der Waals surface area contributed by atoms with E-state index in [1.54, 1.807) is 0 Å². The summed E-state index contributed by atoms with van der Waals surface area (Å²) in [7, 11) is 0. The number of anilines is 1. The Balaban J connectivity index is 1.31. The van der Waals surface area contributed by atoms with Gasteiger partial charge in [0.25, 0.3) is 0 Å². The van der Waals surface area contributed by atoms with Crippen LogP contribution in [0.4, 0.5) is 5.69 Å². The van der Waals surface area contributed by atoms with E-state index in [2.05, 4.69) is 53.2 Å². The molecule has 1 aliphatic rings. The van der Waals surface area contributed by atoms with Gasteiger partial charge in [0.1, 0.15) is 5.65 Å². The lowest BCUT2D eigenvalue weighted by molar-refractivity contribution is 0.416. The van der Waals surface area contributed by atoms with Gasteiger partial charge in [-0.25, -0.2) is 9.40 Å². The van der Waals surface area contributed by atoms with Gasteiger partial charge < -0.3 is 9.88 Å². The summed E-state index contributed by atoms with van der Waals surface area (Å²) in [5, 5.41) is 15.2. The van der Waals surface area contributed by atoms with Crippen LogP contribution < -0.4 is 4.90 Å². The number of pyridine rings is 1. The molecular formula is C30H28ClN7. The molecule has 38 heavy (non-hydrogen) atoms. The SMILES string of the molecule is Cc1nn(Cc2cccc(C#N)c2)c(C)c1-c1c[nH]c2ncc(-c3ccc(N4CCN(Cl)CC4)cc3)cc12. The number of aromatic nitrogens is 4. The number of hydrogen-bond donors (Lipinski definition) is 1. The molecule has 3 aromatic heterocycles. The van der Waals surface area contributed by atoms with Crippen molar-refractivity contribution in [2.75, 3.05) is 31.1 Å². The molecule has 0 saturated carbocycles. The Kier molecular flexibility index (Phi) is 6.36. The molecule has 190 valence electrons. The summed E-state index contributed by atoms with van der Waals surface area (Å²) in [6.45, 7) is 8.34. The lowest BCUT2D eigenvalue weighted by Crippen LogP contribution is -2.42. The second kappa shape index (κ2) is 9.97. The molecule has 0 atom stereocenters.